The molecule has 1 aromatic rings. The number of rotatable bonds is 5. The van der Waals surface area contributed by atoms with E-state index in [1.54, 1.807) is 0 Å². The molecule has 0 aliphatic carbocycles. The van der Waals surface area contributed by atoms with E-state index < -0.39 is 11.9 Å². The van der Waals surface area contributed by atoms with E-state index in [2.05, 4.69) is 5.32 Å². The van der Waals surface area contributed by atoms with Crippen molar-refractivity contribution in [1.29, 1.82) is 0 Å². The van der Waals surface area contributed by atoms with Gasteiger partial charge in [0.05, 0.1) is 13.2 Å². The molecule has 0 fully saturated rings. The molecule has 0 radical (unpaired) electrons. The third kappa shape index (κ3) is 3.43. The molecule has 0 saturated heterocycles. The van der Waals surface area contributed by atoms with Crippen molar-refractivity contribution in [1.82, 2.24) is 0 Å². The van der Waals surface area contributed by atoms with E-state index in [4.69, 9.17) is 10.5 Å². The van der Waals surface area contributed by atoms with Crippen LogP contribution in [-0.2, 0) is 4.79 Å². The summed E-state index contributed by atoms with van der Waals surface area (Å²) in [6.07, 6.45) is 0.821. The van der Waals surface area contributed by atoms with Crippen molar-refractivity contribution in [2.75, 3.05) is 12.4 Å². The maximum absolute atomic E-state index is 13.2. The standard InChI is InChI=1S/C13H19FN2O2/c1-4-8(2)12(15)13(17)16-9-5-6-10(14)11(7-9)18-3/h5-8,12H,4,15H2,1-3H3,(H,16,17)/t8-,12-/m0/s1. The number of nitrogens with two attached hydrogens (primary N) is 1. The minimum atomic E-state index is -0.578. The van der Waals surface area contributed by atoms with Gasteiger partial charge in [-0.3, -0.25) is 4.79 Å². The third-order valence-corrected chi connectivity index (χ3v) is 2.98. The summed E-state index contributed by atoms with van der Waals surface area (Å²) in [6.45, 7) is 3.88. The second kappa shape index (κ2) is 6.35. The van der Waals surface area contributed by atoms with Gasteiger partial charge >= 0.3 is 0 Å². The highest BCUT2D eigenvalue weighted by Gasteiger charge is 2.19. The topological polar surface area (TPSA) is 64.4 Å². The zero-order chi connectivity index (χ0) is 13.7. The van der Waals surface area contributed by atoms with E-state index in [0.717, 1.165) is 6.42 Å². The van der Waals surface area contributed by atoms with Gasteiger partial charge in [-0.2, -0.15) is 0 Å². The normalized spacial score (nSPS) is 13.8. The minimum absolute atomic E-state index is 0.0879. The van der Waals surface area contributed by atoms with Crippen LogP contribution in [0.2, 0.25) is 0 Å². The Kier molecular flexibility index (Phi) is 5.09. The molecule has 0 unspecified atom stereocenters. The van der Waals surface area contributed by atoms with Gasteiger partial charge < -0.3 is 15.8 Å². The number of nitrogens with one attached hydrogen (secondary N) is 1. The van der Waals surface area contributed by atoms with Gasteiger partial charge in [0, 0.05) is 11.8 Å². The fraction of sp³-hybridized carbons (Fsp3) is 0.462. The van der Waals surface area contributed by atoms with Crippen LogP contribution in [0.4, 0.5) is 10.1 Å². The summed E-state index contributed by atoms with van der Waals surface area (Å²) in [7, 11) is 1.37. The van der Waals surface area contributed by atoms with Crippen molar-refractivity contribution in [3.05, 3.63) is 24.0 Å². The van der Waals surface area contributed by atoms with Gasteiger partial charge in [0.1, 0.15) is 0 Å². The first kappa shape index (κ1) is 14.4. The first-order valence-electron chi connectivity index (χ1n) is 5.89. The molecule has 0 aliphatic heterocycles. The Hall–Kier alpha value is -1.62. The number of benzene rings is 1. The largest absolute Gasteiger partial charge is 0.494 e. The van der Waals surface area contributed by atoms with Gasteiger partial charge in [-0.15, -0.1) is 0 Å². The van der Waals surface area contributed by atoms with Gasteiger partial charge in [-0.05, 0) is 18.1 Å². The number of ether oxygens (including phenoxy) is 1. The SMILES string of the molecule is CC[C@H](C)[C@H](N)C(=O)Nc1ccc(F)c(OC)c1. The molecular formula is C13H19FN2O2. The number of carbonyl (C=O) groups is 1. The van der Waals surface area contributed by atoms with E-state index in [0.29, 0.717) is 5.69 Å². The molecule has 1 rings (SSSR count). The highest BCUT2D eigenvalue weighted by atomic mass is 19.1. The van der Waals surface area contributed by atoms with E-state index in [1.165, 1.54) is 25.3 Å². The Bertz CT molecular complexity index is 423. The molecule has 5 heteroatoms. The van der Waals surface area contributed by atoms with Crippen LogP contribution in [0.15, 0.2) is 18.2 Å². The molecule has 0 bridgehead atoms. The predicted octanol–water partition coefficient (Wildman–Crippen LogP) is 2.15. The van der Waals surface area contributed by atoms with Crippen molar-refractivity contribution < 1.29 is 13.9 Å². The van der Waals surface area contributed by atoms with Crippen molar-refractivity contribution in [3.63, 3.8) is 0 Å². The lowest BCUT2D eigenvalue weighted by atomic mass is 9.99. The van der Waals surface area contributed by atoms with Crippen LogP contribution >= 0.6 is 0 Å². The van der Waals surface area contributed by atoms with Crippen molar-refractivity contribution in [2.24, 2.45) is 11.7 Å². The summed E-state index contributed by atoms with van der Waals surface area (Å²) in [6, 6.07) is 3.56. The van der Waals surface area contributed by atoms with Crippen LogP contribution in [0.3, 0.4) is 0 Å². The smallest absolute Gasteiger partial charge is 0.241 e. The van der Waals surface area contributed by atoms with Gasteiger partial charge in [-0.1, -0.05) is 20.3 Å². The van der Waals surface area contributed by atoms with E-state index in [-0.39, 0.29) is 17.6 Å². The first-order chi connectivity index (χ1) is 8.49. The molecular weight excluding hydrogens is 235 g/mol. The fourth-order valence-corrected chi connectivity index (χ4v) is 1.48. The summed E-state index contributed by atoms with van der Waals surface area (Å²) in [5.74, 6) is -0.572. The second-order valence-corrected chi connectivity index (χ2v) is 4.25. The summed E-state index contributed by atoms with van der Waals surface area (Å²) in [5, 5.41) is 2.65. The number of anilines is 1. The molecule has 2 atom stereocenters. The van der Waals surface area contributed by atoms with Gasteiger partial charge in [-0.25, -0.2) is 4.39 Å². The summed E-state index contributed by atoms with van der Waals surface area (Å²) < 4.78 is 18.0. The van der Waals surface area contributed by atoms with E-state index in [9.17, 15) is 9.18 Å². The average Bonchev–Trinajstić information content (AvgIpc) is 2.38. The Balaban J connectivity index is 2.76. The average molecular weight is 254 g/mol. The summed E-state index contributed by atoms with van der Waals surface area (Å²) in [4.78, 5) is 11.8. The van der Waals surface area contributed by atoms with Crippen molar-refractivity contribution >= 4 is 11.6 Å². The lowest BCUT2D eigenvalue weighted by molar-refractivity contribution is -0.118. The predicted molar refractivity (Wildman–Crippen MR) is 69.0 cm³/mol. The number of carbonyl (C=O) groups excluding carboxylic acids is 1. The lowest BCUT2D eigenvalue weighted by Crippen LogP contribution is -2.40. The van der Waals surface area contributed by atoms with Gasteiger partial charge in [0.2, 0.25) is 5.91 Å². The van der Waals surface area contributed by atoms with Crippen molar-refractivity contribution in [2.45, 2.75) is 26.3 Å². The fourth-order valence-electron chi connectivity index (χ4n) is 1.48. The zero-order valence-corrected chi connectivity index (χ0v) is 10.9. The maximum Gasteiger partial charge on any atom is 0.241 e. The molecule has 0 spiro atoms. The lowest BCUT2D eigenvalue weighted by Gasteiger charge is -2.18. The Morgan fingerprint density at radius 3 is 2.78 bits per heavy atom. The van der Waals surface area contributed by atoms with E-state index in [1.807, 2.05) is 13.8 Å². The molecule has 0 aliphatic rings. The van der Waals surface area contributed by atoms with Gasteiger partial charge in [0.25, 0.3) is 0 Å². The number of halogens is 1. The number of methoxy groups -OCH3 is 1. The van der Waals surface area contributed by atoms with Gasteiger partial charge in [0.15, 0.2) is 11.6 Å². The Morgan fingerprint density at radius 1 is 1.56 bits per heavy atom. The van der Waals surface area contributed by atoms with Crippen LogP contribution in [0.25, 0.3) is 0 Å². The van der Waals surface area contributed by atoms with Crippen LogP contribution in [0.1, 0.15) is 20.3 Å². The molecule has 1 aromatic carbocycles. The monoisotopic (exact) mass is 254 g/mol. The molecule has 3 N–H and O–H groups in total. The van der Waals surface area contributed by atoms with Crippen LogP contribution in [0.5, 0.6) is 5.75 Å². The van der Waals surface area contributed by atoms with Crippen LogP contribution in [-0.4, -0.2) is 19.1 Å². The molecule has 0 aromatic heterocycles. The molecule has 1 amide bonds. The number of amides is 1. The third-order valence-electron chi connectivity index (χ3n) is 2.98. The maximum atomic E-state index is 13.2. The van der Waals surface area contributed by atoms with Crippen LogP contribution < -0.4 is 15.8 Å². The molecule has 0 saturated carbocycles. The number of hydrogen-bond donors (Lipinski definition) is 2. The quantitative estimate of drug-likeness (QED) is 0.846. The zero-order valence-electron chi connectivity index (χ0n) is 10.9. The highest BCUT2D eigenvalue weighted by Crippen LogP contribution is 2.21. The van der Waals surface area contributed by atoms with Crippen LogP contribution in [0, 0.1) is 11.7 Å². The molecule has 4 nitrogen and oxygen atoms in total. The number of hydrogen-bond acceptors (Lipinski definition) is 3. The minimum Gasteiger partial charge on any atom is -0.494 e. The summed E-state index contributed by atoms with van der Waals surface area (Å²) >= 11 is 0. The van der Waals surface area contributed by atoms with Crippen molar-refractivity contribution in [3.8, 4) is 5.75 Å². The first-order valence-corrected chi connectivity index (χ1v) is 5.89. The summed E-state index contributed by atoms with van der Waals surface area (Å²) in [5.41, 5.74) is 6.27. The highest BCUT2D eigenvalue weighted by molar-refractivity contribution is 5.95. The second-order valence-electron chi connectivity index (χ2n) is 4.25. The molecule has 100 valence electrons. The molecule has 18 heavy (non-hydrogen) atoms. The molecule has 0 heterocycles. The Morgan fingerprint density at radius 2 is 2.22 bits per heavy atom. The Labute approximate surface area is 106 Å². The van der Waals surface area contributed by atoms with E-state index >= 15 is 0 Å².